The van der Waals surface area contributed by atoms with Gasteiger partial charge in [0.15, 0.2) is 0 Å². The summed E-state index contributed by atoms with van der Waals surface area (Å²) in [4.78, 5) is 12.4. The molecule has 0 N–H and O–H groups in total. The van der Waals surface area contributed by atoms with Crippen LogP contribution < -0.4 is 0 Å². The predicted octanol–water partition coefficient (Wildman–Crippen LogP) is 3.81. The zero-order chi connectivity index (χ0) is 13.7. The normalized spacial score (nSPS) is 47.0. The van der Waals surface area contributed by atoms with Gasteiger partial charge in [-0.1, -0.05) is 31.9 Å². The summed E-state index contributed by atoms with van der Waals surface area (Å²) in [5.41, 5.74) is 0. The van der Waals surface area contributed by atoms with E-state index in [1.54, 1.807) is 0 Å². The number of fused-ring (bicyclic) bond motifs is 9. The van der Waals surface area contributed by atoms with E-state index in [2.05, 4.69) is 19.1 Å². The summed E-state index contributed by atoms with van der Waals surface area (Å²) >= 11 is 0. The molecule has 4 bridgehead atoms. The van der Waals surface area contributed by atoms with Crippen LogP contribution in [0.25, 0.3) is 0 Å². The van der Waals surface area contributed by atoms with Gasteiger partial charge in [-0.2, -0.15) is 0 Å². The molecule has 3 fully saturated rings. The van der Waals surface area contributed by atoms with Crippen LogP contribution in [0, 0.1) is 41.4 Å². The molecule has 0 amide bonds. The fourth-order valence-corrected chi connectivity index (χ4v) is 5.92. The largest absolute Gasteiger partial charge is 0.465 e. The van der Waals surface area contributed by atoms with Crippen LogP contribution in [0.5, 0.6) is 0 Å². The Kier molecular flexibility index (Phi) is 3.16. The third kappa shape index (κ3) is 1.79. The van der Waals surface area contributed by atoms with Crippen molar-refractivity contribution in [3.8, 4) is 0 Å². The molecule has 0 spiro atoms. The molecule has 4 aliphatic rings. The van der Waals surface area contributed by atoms with Gasteiger partial charge in [-0.15, -0.1) is 0 Å². The first kappa shape index (κ1) is 12.9. The minimum Gasteiger partial charge on any atom is -0.465 e. The van der Waals surface area contributed by atoms with Crippen molar-refractivity contribution >= 4 is 5.97 Å². The molecule has 0 saturated heterocycles. The predicted molar refractivity (Wildman–Crippen MR) is 77.9 cm³/mol. The van der Waals surface area contributed by atoms with Gasteiger partial charge >= 0.3 is 5.97 Å². The van der Waals surface area contributed by atoms with E-state index >= 15 is 0 Å². The molecule has 2 heteroatoms. The molecule has 3 saturated carbocycles. The number of esters is 1. The lowest BCUT2D eigenvalue weighted by Crippen LogP contribution is -2.35. The van der Waals surface area contributed by atoms with Gasteiger partial charge in [-0.25, -0.2) is 0 Å². The Bertz CT molecular complexity index is 427. The van der Waals surface area contributed by atoms with E-state index in [0.717, 1.165) is 42.4 Å². The van der Waals surface area contributed by atoms with Gasteiger partial charge in [-0.3, -0.25) is 4.79 Å². The Hall–Kier alpha value is -0.790. The van der Waals surface area contributed by atoms with Crippen molar-refractivity contribution in [3.05, 3.63) is 12.2 Å². The lowest BCUT2D eigenvalue weighted by Gasteiger charge is -2.35. The maximum atomic E-state index is 12.4. The minimum absolute atomic E-state index is 0.124. The maximum Gasteiger partial charge on any atom is 0.309 e. The summed E-state index contributed by atoms with van der Waals surface area (Å²) in [7, 11) is 0. The van der Waals surface area contributed by atoms with Crippen molar-refractivity contribution in [1.82, 2.24) is 0 Å². The molecule has 0 aromatic carbocycles. The van der Waals surface area contributed by atoms with Gasteiger partial charge in [0.1, 0.15) is 0 Å². The molecule has 20 heavy (non-hydrogen) atoms. The molecule has 4 rings (SSSR count). The SMILES string of the molecule is CCCCCOC(=O)C1CC2CC1C1C3C=CC(C3)C21. The highest BCUT2D eigenvalue weighted by Gasteiger charge is 2.62. The molecular weight excluding hydrogens is 248 g/mol. The van der Waals surface area contributed by atoms with Gasteiger partial charge in [0.05, 0.1) is 12.5 Å². The molecule has 110 valence electrons. The molecule has 0 aliphatic heterocycles. The number of hydrogen-bond donors (Lipinski definition) is 0. The second kappa shape index (κ2) is 4.89. The average molecular weight is 274 g/mol. The van der Waals surface area contributed by atoms with Crippen LogP contribution in [-0.4, -0.2) is 12.6 Å². The Morgan fingerprint density at radius 3 is 2.70 bits per heavy atom. The summed E-state index contributed by atoms with van der Waals surface area (Å²) in [6.45, 7) is 2.82. The summed E-state index contributed by atoms with van der Waals surface area (Å²) in [5, 5.41) is 0. The van der Waals surface area contributed by atoms with Gasteiger partial charge < -0.3 is 4.74 Å². The summed E-state index contributed by atoms with van der Waals surface area (Å²) in [6, 6.07) is 0. The fourth-order valence-electron chi connectivity index (χ4n) is 5.92. The second-order valence-electron chi connectivity index (χ2n) is 7.48. The van der Waals surface area contributed by atoms with Crippen LogP contribution in [0.1, 0.15) is 45.4 Å². The van der Waals surface area contributed by atoms with Crippen LogP contribution in [0.2, 0.25) is 0 Å². The van der Waals surface area contributed by atoms with Crippen molar-refractivity contribution in [2.24, 2.45) is 41.4 Å². The number of carbonyl (C=O) groups excluding carboxylic acids is 1. The lowest BCUT2D eigenvalue weighted by molar-refractivity contribution is -0.152. The molecule has 0 aromatic rings. The summed E-state index contributed by atoms with van der Waals surface area (Å²) in [5.74, 6) is 5.18. The number of carbonyl (C=O) groups is 1. The Morgan fingerprint density at radius 2 is 1.90 bits per heavy atom. The number of hydrogen-bond acceptors (Lipinski definition) is 2. The lowest BCUT2D eigenvalue weighted by atomic mass is 9.69. The van der Waals surface area contributed by atoms with Gasteiger partial charge in [0, 0.05) is 0 Å². The van der Waals surface area contributed by atoms with Gasteiger partial charge in [0.25, 0.3) is 0 Å². The van der Waals surface area contributed by atoms with Crippen LogP contribution in [-0.2, 0) is 9.53 Å². The highest BCUT2D eigenvalue weighted by atomic mass is 16.5. The summed E-state index contributed by atoms with van der Waals surface area (Å²) < 4.78 is 5.55. The third-order valence-corrected chi connectivity index (χ3v) is 6.57. The molecule has 0 radical (unpaired) electrons. The third-order valence-electron chi connectivity index (χ3n) is 6.57. The van der Waals surface area contributed by atoms with E-state index in [0.29, 0.717) is 12.5 Å². The van der Waals surface area contributed by atoms with E-state index in [-0.39, 0.29) is 11.9 Å². The van der Waals surface area contributed by atoms with E-state index in [1.165, 1.54) is 25.7 Å². The standard InChI is InChI=1S/C18H26O2/c1-2-3-4-7-20-18(19)15-10-13-9-14(15)17-12-6-5-11(8-12)16(13)17/h5-6,11-17H,2-4,7-10H2,1H3. The quantitative estimate of drug-likeness (QED) is 0.330. The molecule has 7 unspecified atom stereocenters. The van der Waals surface area contributed by atoms with E-state index in [4.69, 9.17) is 4.74 Å². The van der Waals surface area contributed by atoms with E-state index < -0.39 is 0 Å². The molecular formula is C18H26O2. The van der Waals surface area contributed by atoms with E-state index in [1.807, 2.05) is 0 Å². The molecule has 4 aliphatic carbocycles. The monoisotopic (exact) mass is 274 g/mol. The van der Waals surface area contributed by atoms with Crippen LogP contribution >= 0.6 is 0 Å². The molecule has 2 nitrogen and oxygen atoms in total. The zero-order valence-electron chi connectivity index (χ0n) is 12.5. The number of allylic oxidation sites excluding steroid dienone is 2. The highest BCUT2D eigenvalue weighted by molar-refractivity contribution is 5.73. The smallest absolute Gasteiger partial charge is 0.309 e. The first-order valence-corrected chi connectivity index (χ1v) is 8.64. The van der Waals surface area contributed by atoms with Crippen molar-refractivity contribution in [2.45, 2.75) is 45.4 Å². The number of unbranched alkanes of at least 4 members (excludes halogenated alkanes) is 2. The Balaban J connectivity index is 1.38. The Morgan fingerprint density at radius 1 is 1.10 bits per heavy atom. The molecule has 0 heterocycles. The van der Waals surface area contributed by atoms with Gasteiger partial charge in [-0.05, 0) is 61.2 Å². The minimum atomic E-state index is 0.124. The van der Waals surface area contributed by atoms with Gasteiger partial charge in [0.2, 0.25) is 0 Å². The molecule has 0 aromatic heterocycles. The van der Waals surface area contributed by atoms with Crippen molar-refractivity contribution in [3.63, 3.8) is 0 Å². The first-order valence-electron chi connectivity index (χ1n) is 8.64. The van der Waals surface area contributed by atoms with Crippen molar-refractivity contribution in [1.29, 1.82) is 0 Å². The molecule has 7 atom stereocenters. The second-order valence-corrected chi connectivity index (χ2v) is 7.48. The van der Waals surface area contributed by atoms with Crippen LogP contribution in [0.3, 0.4) is 0 Å². The van der Waals surface area contributed by atoms with Crippen LogP contribution in [0.4, 0.5) is 0 Å². The van der Waals surface area contributed by atoms with Crippen LogP contribution in [0.15, 0.2) is 12.2 Å². The Labute approximate surface area is 122 Å². The van der Waals surface area contributed by atoms with Crippen molar-refractivity contribution < 1.29 is 9.53 Å². The maximum absolute atomic E-state index is 12.4. The average Bonchev–Trinajstić information content (AvgIpc) is 3.20. The zero-order valence-corrected chi connectivity index (χ0v) is 12.5. The van der Waals surface area contributed by atoms with E-state index in [9.17, 15) is 4.79 Å². The highest BCUT2D eigenvalue weighted by Crippen LogP contribution is 2.67. The number of ether oxygens (including phenoxy) is 1. The summed E-state index contributed by atoms with van der Waals surface area (Å²) in [6.07, 6.45) is 12.1. The first-order chi connectivity index (χ1) is 9.79. The fraction of sp³-hybridized carbons (Fsp3) is 0.833. The topological polar surface area (TPSA) is 26.3 Å². The van der Waals surface area contributed by atoms with Crippen molar-refractivity contribution in [2.75, 3.05) is 6.61 Å². The number of rotatable bonds is 5.